The van der Waals surface area contributed by atoms with Crippen molar-refractivity contribution in [1.82, 2.24) is 10.3 Å². The highest BCUT2D eigenvalue weighted by Gasteiger charge is 2.29. The van der Waals surface area contributed by atoms with Gasteiger partial charge in [0, 0.05) is 30.4 Å². The van der Waals surface area contributed by atoms with Crippen LogP contribution in [0.5, 0.6) is 11.5 Å². The zero-order valence-corrected chi connectivity index (χ0v) is 14.8. The van der Waals surface area contributed by atoms with E-state index in [9.17, 15) is 0 Å². The summed E-state index contributed by atoms with van der Waals surface area (Å²) in [5.74, 6) is 1.20. The van der Waals surface area contributed by atoms with Crippen LogP contribution in [0.4, 0.5) is 0 Å². The van der Waals surface area contributed by atoms with E-state index in [4.69, 9.17) is 25.8 Å². The zero-order valence-electron chi connectivity index (χ0n) is 13.3. The second-order valence-corrected chi connectivity index (χ2v) is 5.64. The standard InChI is InChI=1S/C17H19ClN2O3.ClH/c1-21-15-10-12(18)5-6-14(15)23-17(13-4-2-3-7-20-13)16-11-19-8-9-22-16;/h2-7,10,16-17,19H,8-9,11H2,1H3;1H/t16-,17-;/m0./s1. The largest absolute Gasteiger partial charge is 0.493 e. The second kappa shape index (κ2) is 9.08. The highest BCUT2D eigenvalue weighted by atomic mass is 35.5. The minimum absolute atomic E-state index is 0. The Morgan fingerprint density at radius 3 is 2.83 bits per heavy atom. The van der Waals surface area contributed by atoms with Crippen molar-refractivity contribution >= 4 is 24.0 Å². The number of rotatable bonds is 5. The molecule has 2 heterocycles. The summed E-state index contributed by atoms with van der Waals surface area (Å²) in [6.45, 7) is 2.20. The predicted molar refractivity (Wildman–Crippen MR) is 95.5 cm³/mol. The molecule has 1 aliphatic rings. The molecule has 0 aliphatic carbocycles. The summed E-state index contributed by atoms with van der Waals surface area (Å²) >= 11 is 6.02. The number of hydrogen-bond acceptors (Lipinski definition) is 5. The maximum absolute atomic E-state index is 6.21. The van der Waals surface area contributed by atoms with E-state index in [-0.39, 0.29) is 24.6 Å². The fourth-order valence-electron chi connectivity index (χ4n) is 2.53. The Balaban J connectivity index is 0.00000208. The number of benzene rings is 1. The summed E-state index contributed by atoms with van der Waals surface area (Å²) < 4.78 is 17.4. The molecule has 1 aromatic carbocycles. The normalized spacial score (nSPS) is 18.3. The molecule has 0 unspecified atom stereocenters. The van der Waals surface area contributed by atoms with Crippen LogP contribution in [0.1, 0.15) is 11.8 Å². The van der Waals surface area contributed by atoms with Gasteiger partial charge in [0.15, 0.2) is 17.6 Å². The SMILES string of the molecule is COc1cc(Cl)ccc1O[C@@H](c1ccccn1)[C@@H]1CNCCO1.Cl. The molecule has 2 aromatic rings. The molecule has 2 atom stereocenters. The molecule has 0 bridgehead atoms. The van der Waals surface area contributed by atoms with Gasteiger partial charge < -0.3 is 19.5 Å². The lowest BCUT2D eigenvalue weighted by molar-refractivity contribution is -0.0452. The van der Waals surface area contributed by atoms with Crippen molar-refractivity contribution in [2.75, 3.05) is 26.8 Å². The number of ether oxygens (including phenoxy) is 3. The Bertz CT molecular complexity index is 637. The molecular weight excluding hydrogens is 351 g/mol. The fraction of sp³-hybridized carbons (Fsp3) is 0.353. The minimum atomic E-state index is -0.334. The van der Waals surface area contributed by atoms with Crippen molar-refractivity contribution in [2.24, 2.45) is 0 Å². The quantitative estimate of drug-likeness (QED) is 0.874. The number of nitrogens with one attached hydrogen (secondary N) is 1. The first-order valence-corrected chi connectivity index (χ1v) is 7.89. The van der Waals surface area contributed by atoms with Gasteiger partial charge in [-0.3, -0.25) is 4.98 Å². The summed E-state index contributed by atoms with van der Waals surface area (Å²) in [4.78, 5) is 4.42. The van der Waals surface area contributed by atoms with Gasteiger partial charge in [0.2, 0.25) is 0 Å². The van der Waals surface area contributed by atoms with Crippen LogP contribution < -0.4 is 14.8 Å². The number of morpholine rings is 1. The molecule has 7 heteroatoms. The molecule has 24 heavy (non-hydrogen) atoms. The number of hydrogen-bond donors (Lipinski definition) is 1. The third kappa shape index (κ3) is 4.51. The Labute approximate surface area is 152 Å². The average molecular weight is 371 g/mol. The van der Waals surface area contributed by atoms with Gasteiger partial charge in [-0.1, -0.05) is 17.7 Å². The maximum atomic E-state index is 6.21. The molecule has 1 aromatic heterocycles. The van der Waals surface area contributed by atoms with E-state index in [1.54, 1.807) is 31.5 Å². The van der Waals surface area contributed by atoms with E-state index >= 15 is 0 Å². The number of aromatic nitrogens is 1. The third-order valence-electron chi connectivity index (χ3n) is 3.65. The molecule has 1 aliphatic heterocycles. The van der Waals surface area contributed by atoms with E-state index in [0.717, 1.165) is 12.2 Å². The van der Waals surface area contributed by atoms with E-state index < -0.39 is 0 Å². The van der Waals surface area contributed by atoms with Crippen molar-refractivity contribution in [3.63, 3.8) is 0 Å². The second-order valence-electron chi connectivity index (χ2n) is 5.20. The molecule has 1 N–H and O–H groups in total. The average Bonchev–Trinajstić information content (AvgIpc) is 2.62. The minimum Gasteiger partial charge on any atom is -0.493 e. The van der Waals surface area contributed by atoms with E-state index in [1.807, 2.05) is 18.2 Å². The first-order chi connectivity index (χ1) is 11.3. The maximum Gasteiger partial charge on any atom is 0.168 e. The molecule has 0 radical (unpaired) electrons. The van der Waals surface area contributed by atoms with Gasteiger partial charge in [-0.15, -0.1) is 12.4 Å². The zero-order chi connectivity index (χ0) is 16.1. The summed E-state index contributed by atoms with van der Waals surface area (Å²) in [7, 11) is 1.59. The van der Waals surface area contributed by atoms with E-state index in [2.05, 4.69) is 10.3 Å². The van der Waals surface area contributed by atoms with Crippen LogP contribution in [0.25, 0.3) is 0 Å². The smallest absolute Gasteiger partial charge is 0.168 e. The molecule has 3 rings (SSSR count). The van der Waals surface area contributed by atoms with Crippen molar-refractivity contribution in [3.8, 4) is 11.5 Å². The third-order valence-corrected chi connectivity index (χ3v) is 3.89. The van der Waals surface area contributed by atoms with Crippen LogP contribution in [0.15, 0.2) is 42.6 Å². The summed E-state index contributed by atoms with van der Waals surface area (Å²) in [6.07, 6.45) is 1.29. The summed E-state index contributed by atoms with van der Waals surface area (Å²) in [5, 5.41) is 3.92. The number of pyridine rings is 1. The number of halogens is 2. The molecule has 130 valence electrons. The Hall–Kier alpha value is -1.53. The Morgan fingerprint density at radius 2 is 2.17 bits per heavy atom. The monoisotopic (exact) mass is 370 g/mol. The fourth-order valence-corrected chi connectivity index (χ4v) is 2.69. The van der Waals surface area contributed by atoms with Gasteiger partial charge in [0.1, 0.15) is 6.10 Å². The lowest BCUT2D eigenvalue weighted by atomic mass is 10.1. The van der Waals surface area contributed by atoms with E-state index in [0.29, 0.717) is 29.7 Å². The molecule has 0 saturated carbocycles. The first-order valence-electron chi connectivity index (χ1n) is 7.51. The van der Waals surface area contributed by atoms with Gasteiger partial charge >= 0.3 is 0 Å². The van der Waals surface area contributed by atoms with Gasteiger partial charge in [-0.2, -0.15) is 0 Å². The molecule has 0 spiro atoms. The topological polar surface area (TPSA) is 52.6 Å². The number of methoxy groups -OCH3 is 1. The van der Waals surface area contributed by atoms with Crippen molar-refractivity contribution < 1.29 is 14.2 Å². The van der Waals surface area contributed by atoms with Crippen LogP contribution in [0.2, 0.25) is 5.02 Å². The highest BCUT2D eigenvalue weighted by molar-refractivity contribution is 6.30. The Kier molecular flexibility index (Phi) is 7.12. The van der Waals surface area contributed by atoms with Crippen molar-refractivity contribution in [1.29, 1.82) is 0 Å². The van der Waals surface area contributed by atoms with E-state index in [1.165, 1.54) is 0 Å². The highest BCUT2D eigenvalue weighted by Crippen LogP contribution is 2.34. The van der Waals surface area contributed by atoms with Crippen LogP contribution in [-0.2, 0) is 4.74 Å². The van der Waals surface area contributed by atoms with Crippen LogP contribution >= 0.6 is 24.0 Å². The molecule has 1 saturated heterocycles. The van der Waals surface area contributed by atoms with Gasteiger partial charge in [-0.25, -0.2) is 0 Å². The van der Waals surface area contributed by atoms with Crippen LogP contribution in [0.3, 0.4) is 0 Å². The lowest BCUT2D eigenvalue weighted by Gasteiger charge is -2.31. The molecule has 1 fully saturated rings. The molecular formula is C17H20Cl2N2O3. The van der Waals surface area contributed by atoms with Gasteiger partial charge in [-0.05, 0) is 24.3 Å². The van der Waals surface area contributed by atoms with Crippen LogP contribution in [0, 0.1) is 0 Å². The molecule has 5 nitrogen and oxygen atoms in total. The molecule has 0 amide bonds. The lowest BCUT2D eigenvalue weighted by Crippen LogP contribution is -2.43. The summed E-state index contributed by atoms with van der Waals surface area (Å²) in [6, 6.07) is 11.1. The first kappa shape index (κ1) is 18.8. The van der Waals surface area contributed by atoms with Crippen LogP contribution in [-0.4, -0.2) is 37.9 Å². The predicted octanol–water partition coefficient (Wildman–Crippen LogP) is 3.27. The number of nitrogens with zero attached hydrogens (tertiary/aromatic N) is 1. The van der Waals surface area contributed by atoms with Crippen molar-refractivity contribution in [3.05, 3.63) is 53.3 Å². The van der Waals surface area contributed by atoms with Gasteiger partial charge in [0.25, 0.3) is 0 Å². The Morgan fingerprint density at radius 1 is 1.29 bits per heavy atom. The van der Waals surface area contributed by atoms with Crippen molar-refractivity contribution in [2.45, 2.75) is 12.2 Å². The summed E-state index contributed by atoms with van der Waals surface area (Å²) in [5.41, 5.74) is 0.818. The van der Waals surface area contributed by atoms with Gasteiger partial charge in [0.05, 0.1) is 19.4 Å².